The van der Waals surface area contributed by atoms with Gasteiger partial charge < -0.3 is 15.6 Å². The van der Waals surface area contributed by atoms with E-state index >= 15 is 0 Å². The van der Waals surface area contributed by atoms with Gasteiger partial charge in [-0.1, -0.05) is 6.07 Å². The topological polar surface area (TPSA) is 65.1 Å². The fourth-order valence-corrected chi connectivity index (χ4v) is 2.08. The van der Waals surface area contributed by atoms with Crippen molar-refractivity contribution in [1.82, 2.24) is 20.6 Å². The fraction of sp³-hybridized carbons (Fsp3) is 0.385. The first-order valence-corrected chi connectivity index (χ1v) is 6.29. The number of aromatic amines is 1. The number of halogens is 1. The van der Waals surface area contributed by atoms with E-state index in [4.69, 9.17) is 0 Å². The zero-order valence-corrected chi connectivity index (χ0v) is 13.2. The number of nitrogens with zero attached hydrogens (tertiary/aromatic N) is 2. The smallest absolute Gasteiger partial charge is 0.191 e. The third-order valence-electron chi connectivity index (χ3n) is 3.01. The van der Waals surface area contributed by atoms with Crippen LogP contribution < -0.4 is 10.6 Å². The Kier molecular flexibility index (Phi) is 4.62. The molecule has 102 valence electrons. The SMILES string of the molecule is Cc1ccc2nc(CNC3=NCCCN3)[nH]c2c1.I. The van der Waals surface area contributed by atoms with E-state index < -0.39 is 0 Å². The minimum atomic E-state index is 0. The van der Waals surface area contributed by atoms with E-state index in [1.807, 2.05) is 6.07 Å². The van der Waals surface area contributed by atoms with Crippen molar-refractivity contribution in [2.24, 2.45) is 4.99 Å². The Morgan fingerprint density at radius 3 is 3.05 bits per heavy atom. The number of aliphatic imine (C=N–C) groups is 1. The minimum absolute atomic E-state index is 0. The van der Waals surface area contributed by atoms with Crippen molar-refractivity contribution in [3.05, 3.63) is 29.6 Å². The number of aryl methyl sites for hydroxylation is 1. The summed E-state index contributed by atoms with van der Waals surface area (Å²) in [5.41, 5.74) is 3.34. The van der Waals surface area contributed by atoms with Crippen molar-refractivity contribution < 1.29 is 0 Å². The maximum atomic E-state index is 4.54. The quantitative estimate of drug-likeness (QED) is 0.707. The van der Waals surface area contributed by atoms with Gasteiger partial charge in [-0.15, -0.1) is 24.0 Å². The Hall–Kier alpha value is -1.31. The number of hydrogen-bond acceptors (Lipinski definition) is 4. The Morgan fingerprint density at radius 1 is 1.37 bits per heavy atom. The molecule has 1 aliphatic rings. The van der Waals surface area contributed by atoms with Crippen molar-refractivity contribution >= 4 is 41.0 Å². The number of hydrogen-bond donors (Lipinski definition) is 3. The number of guanidine groups is 1. The van der Waals surface area contributed by atoms with Gasteiger partial charge in [0.1, 0.15) is 5.82 Å². The molecule has 0 saturated heterocycles. The molecule has 0 saturated carbocycles. The number of aromatic nitrogens is 2. The molecule has 2 aromatic rings. The maximum Gasteiger partial charge on any atom is 0.191 e. The second-order valence-electron chi connectivity index (χ2n) is 4.57. The van der Waals surface area contributed by atoms with Gasteiger partial charge in [-0.3, -0.25) is 4.99 Å². The van der Waals surface area contributed by atoms with Gasteiger partial charge in [0.05, 0.1) is 17.6 Å². The molecule has 0 spiro atoms. The van der Waals surface area contributed by atoms with Gasteiger partial charge in [-0.25, -0.2) is 4.98 Å². The van der Waals surface area contributed by atoms with E-state index in [0.717, 1.165) is 42.3 Å². The summed E-state index contributed by atoms with van der Waals surface area (Å²) >= 11 is 0. The summed E-state index contributed by atoms with van der Waals surface area (Å²) in [6.45, 7) is 4.64. The zero-order chi connectivity index (χ0) is 12.4. The van der Waals surface area contributed by atoms with Gasteiger partial charge in [0, 0.05) is 13.1 Å². The number of rotatable bonds is 2. The molecular formula is C13H18IN5. The highest BCUT2D eigenvalue weighted by Crippen LogP contribution is 2.12. The van der Waals surface area contributed by atoms with Crippen LogP contribution in [0.15, 0.2) is 23.2 Å². The normalized spacial score (nSPS) is 14.5. The standard InChI is InChI=1S/C13H17N5.HI/c1-9-3-4-10-11(7-9)18-12(17-10)8-16-13-14-5-2-6-15-13;/h3-4,7H,2,5-6,8H2,1H3,(H,17,18)(H2,14,15,16);1H. The minimum Gasteiger partial charge on any atom is -0.356 e. The van der Waals surface area contributed by atoms with E-state index in [2.05, 4.69) is 44.7 Å². The van der Waals surface area contributed by atoms with Crippen LogP contribution in [0.3, 0.4) is 0 Å². The lowest BCUT2D eigenvalue weighted by Crippen LogP contribution is -2.40. The molecule has 6 heteroatoms. The number of H-pyrrole nitrogens is 1. The second-order valence-corrected chi connectivity index (χ2v) is 4.57. The van der Waals surface area contributed by atoms with E-state index in [9.17, 15) is 0 Å². The molecule has 0 unspecified atom stereocenters. The van der Waals surface area contributed by atoms with E-state index in [1.54, 1.807) is 0 Å². The van der Waals surface area contributed by atoms with Crippen molar-refractivity contribution in [2.45, 2.75) is 19.9 Å². The predicted octanol–water partition coefficient (Wildman–Crippen LogP) is 1.93. The highest BCUT2D eigenvalue weighted by Gasteiger charge is 2.06. The molecule has 3 rings (SSSR count). The zero-order valence-electron chi connectivity index (χ0n) is 10.9. The van der Waals surface area contributed by atoms with Gasteiger partial charge in [-0.05, 0) is 31.0 Å². The monoisotopic (exact) mass is 371 g/mol. The van der Waals surface area contributed by atoms with Crippen LogP contribution in [-0.2, 0) is 6.54 Å². The molecule has 3 N–H and O–H groups in total. The van der Waals surface area contributed by atoms with Crippen LogP contribution in [-0.4, -0.2) is 29.0 Å². The Balaban J connectivity index is 0.00000133. The predicted molar refractivity (Wildman–Crippen MR) is 88.0 cm³/mol. The van der Waals surface area contributed by atoms with Crippen molar-refractivity contribution in [2.75, 3.05) is 13.1 Å². The van der Waals surface area contributed by atoms with Gasteiger partial charge in [0.25, 0.3) is 0 Å². The molecule has 5 nitrogen and oxygen atoms in total. The molecule has 1 aromatic carbocycles. The number of fused-ring (bicyclic) bond motifs is 1. The van der Waals surface area contributed by atoms with Crippen LogP contribution >= 0.6 is 24.0 Å². The first-order valence-electron chi connectivity index (χ1n) is 6.29. The van der Waals surface area contributed by atoms with Gasteiger partial charge in [0.15, 0.2) is 5.96 Å². The Morgan fingerprint density at radius 2 is 2.26 bits per heavy atom. The maximum absolute atomic E-state index is 4.54. The molecule has 1 aliphatic heterocycles. The summed E-state index contributed by atoms with van der Waals surface area (Å²) < 4.78 is 0. The first-order chi connectivity index (χ1) is 8.81. The Bertz CT molecular complexity index is 590. The average Bonchev–Trinajstić information content (AvgIpc) is 2.79. The summed E-state index contributed by atoms with van der Waals surface area (Å²) in [6, 6.07) is 6.23. The van der Waals surface area contributed by atoms with E-state index in [-0.39, 0.29) is 24.0 Å². The molecule has 0 atom stereocenters. The number of imidazole rings is 1. The number of nitrogens with one attached hydrogen (secondary N) is 3. The number of benzene rings is 1. The molecule has 0 radical (unpaired) electrons. The lowest BCUT2D eigenvalue weighted by molar-refractivity contribution is 0.695. The van der Waals surface area contributed by atoms with Gasteiger partial charge in [0.2, 0.25) is 0 Å². The molecule has 1 aromatic heterocycles. The molecule has 0 amide bonds. The highest BCUT2D eigenvalue weighted by molar-refractivity contribution is 14.0. The third-order valence-corrected chi connectivity index (χ3v) is 3.01. The van der Waals surface area contributed by atoms with Crippen LogP contribution in [0.2, 0.25) is 0 Å². The summed E-state index contributed by atoms with van der Waals surface area (Å²) in [7, 11) is 0. The molecule has 0 bridgehead atoms. The fourth-order valence-electron chi connectivity index (χ4n) is 2.08. The lowest BCUT2D eigenvalue weighted by Gasteiger charge is -2.15. The molecule has 0 fully saturated rings. The highest BCUT2D eigenvalue weighted by atomic mass is 127. The van der Waals surface area contributed by atoms with Crippen molar-refractivity contribution in [3.63, 3.8) is 0 Å². The summed E-state index contributed by atoms with van der Waals surface area (Å²) in [5, 5.41) is 6.49. The van der Waals surface area contributed by atoms with Crippen LogP contribution in [0.1, 0.15) is 17.8 Å². The third kappa shape index (κ3) is 3.37. The second kappa shape index (κ2) is 6.23. The van der Waals surface area contributed by atoms with Gasteiger partial charge >= 0.3 is 0 Å². The van der Waals surface area contributed by atoms with Crippen LogP contribution in [0.25, 0.3) is 11.0 Å². The molecule has 19 heavy (non-hydrogen) atoms. The van der Waals surface area contributed by atoms with E-state index in [0.29, 0.717) is 6.54 Å². The van der Waals surface area contributed by atoms with Crippen molar-refractivity contribution in [3.8, 4) is 0 Å². The van der Waals surface area contributed by atoms with Crippen LogP contribution in [0, 0.1) is 6.92 Å². The first kappa shape index (κ1) is 14.1. The van der Waals surface area contributed by atoms with Crippen LogP contribution in [0.4, 0.5) is 0 Å². The molecular weight excluding hydrogens is 353 g/mol. The van der Waals surface area contributed by atoms with Crippen LogP contribution in [0.5, 0.6) is 0 Å². The average molecular weight is 371 g/mol. The van der Waals surface area contributed by atoms with Crippen molar-refractivity contribution in [1.29, 1.82) is 0 Å². The summed E-state index contributed by atoms with van der Waals surface area (Å²) in [4.78, 5) is 12.2. The lowest BCUT2D eigenvalue weighted by atomic mass is 10.2. The summed E-state index contributed by atoms with van der Waals surface area (Å²) in [6.07, 6.45) is 1.11. The molecule has 0 aliphatic carbocycles. The largest absolute Gasteiger partial charge is 0.356 e. The summed E-state index contributed by atoms with van der Waals surface area (Å²) in [5.74, 6) is 1.81. The molecule has 2 heterocycles. The van der Waals surface area contributed by atoms with Gasteiger partial charge in [-0.2, -0.15) is 0 Å². The van der Waals surface area contributed by atoms with E-state index in [1.165, 1.54) is 5.56 Å². The Labute approximate surface area is 129 Å².